The van der Waals surface area contributed by atoms with Crippen LogP contribution in [0.5, 0.6) is 11.5 Å². The monoisotopic (exact) mass is 386 g/mol. The Bertz CT molecular complexity index is 779. The number of rotatable bonds is 12. The van der Waals surface area contributed by atoms with Gasteiger partial charge in [0.15, 0.2) is 0 Å². The summed E-state index contributed by atoms with van der Waals surface area (Å²) in [4.78, 5) is 0. The standard InChI is InChI=1S/C22H30N2O2S/c1-3-9-23-11-13-25-17-5-7-21-19(15-17)20-16-18(6-8-22(20)27-21)26-14-12-24-10-4-2/h5-8,15-16,23-24H,3-4,9-14H2,1-2H3. The second-order valence-electron chi connectivity index (χ2n) is 6.61. The molecule has 0 bridgehead atoms. The zero-order chi connectivity index (χ0) is 18.9. The van der Waals surface area contributed by atoms with Crippen molar-refractivity contribution in [1.82, 2.24) is 10.6 Å². The third-order valence-corrected chi connectivity index (χ3v) is 5.51. The van der Waals surface area contributed by atoms with Crippen molar-refractivity contribution in [3.8, 4) is 11.5 Å². The highest BCUT2D eigenvalue weighted by Gasteiger charge is 2.08. The summed E-state index contributed by atoms with van der Waals surface area (Å²) in [5.41, 5.74) is 0. The molecule has 0 fully saturated rings. The van der Waals surface area contributed by atoms with Crippen LogP contribution in [0.25, 0.3) is 20.2 Å². The van der Waals surface area contributed by atoms with Gasteiger partial charge in [0, 0.05) is 33.3 Å². The SMILES string of the molecule is CCCNCCOc1ccc2sc3ccc(OCCNCCC)cc3c2c1. The molecular weight excluding hydrogens is 356 g/mol. The molecular formula is C22H30N2O2S. The molecule has 1 heterocycles. The van der Waals surface area contributed by atoms with E-state index in [2.05, 4.69) is 60.9 Å². The van der Waals surface area contributed by atoms with Crippen LogP contribution in [-0.2, 0) is 0 Å². The number of fused-ring (bicyclic) bond motifs is 3. The molecule has 0 atom stereocenters. The first-order valence-corrected chi connectivity index (χ1v) is 10.8. The Hall–Kier alpha value is -1.82. The summed E-state index contributed by atoms with van der Waals surface area (Å²) in [7, 11) is 0. The molecule has 0 radical (unpaired) electrons. The molecule has 0 aliphatic heterocycles. The maximum Gasteiger partial charge on any atom is 0.120 e. The van der Waals surface area contributed by atoms with Gasteiger partial charge in [0.1, 0.15) is 24.7 Å². The van der Waals surface area contributed by atoms with Crippen LogP contribution in [0.15, 0.2) is 36.4 Å². The van der Waals surface area contributed by atoms with E-state index in [0.717, 1.165) is 50.5 Å². The number of ether oxygens (including phenoxy) is 2. The fourth-order valence-electron chi connectivity index (χ4n) is 3.00. The smallest absolute Gasteiger partial charge is 0.120 e. The van der Waals surface area contributed by atoms with Gasteiger partial charge in [0.25, 0.3) is 0 Å². The summed E-state index contributed by atoms with van der Waals surface area (Å²) in [6, 6.07) is 12.7. The summed E-state index contributed by atoms with van der Waals surface area (Å²) in [6.07, 6.45) is 2.29. The number of thiophene rings is 1. The van der Waals surface area contributed by atoms with E-state index in [0.29, 0.717) is 13.2 Å². The minimum atomic E-state index is 0.687. The summed E-state index contributed by atoms with van der Waals surface area (Å²) in [6.45, 7) is 9.54. The van der Waals surface area contributed by atoms with Gasteiger partial charge in [-0.25, -0.2) is 0 Å². The van der Waals surface area contributed by atoms with Gasteiger partial charge in [0.2, 0.25) is 0 Å². The van der Waals surface area contributed by atoms with Gasteiger partial charge in [-0.2, -0.15) is 0 Å². The molecule has 2 N–H and O–H groups in total. The van der Waals surface area contributed by atoms with Gasteiger partial charge in [-0.1, -0.05) is 13.8 Å². The van der Waals surface area contributed by atoms with E-state index in [9.17, 15) is 0 Å². The summed E-state index contributed by atoms with van der Waals surface area (Å²) in [5, 5.41) is 9.20. The van der Waals surface area contributed by atoms with Gasteiger partial charge >= 0.3 is 0 Å². The van der Waals surface area contributed by atoms with Crippen molar-refractivity contribution in [3.63, 3.8) is 0 Å². The predicted molar refractivity (Wildman–Crippen MR) is 117 cm³/mol. The van der Waals surface area contributed by atoms with Gasteiger partial charge in [-0.3, -0.25) is 0 Å². The number of nitrogens with one attached hydrogen (secondary N) is 2. The zero-order valence-electron chi connectivity index (χ0n) is 16.3. The lowest BCUT2D eigenvalue weighted by Crippen LogP contribution is -2.21. The van der Waals surface area contributed by atoms with Crippen LogP contribution >= 0.6 is 11.3 Å². The fraction of sp³-hybridized carbons (Fsp3) is 0.455. The van der Waals surface area contributed by atoms with Gasteiger partial charge in [-0.15, -0.1) is 11.3 Å². The van der Waals surface area contributed by atoms with Gasteiger partial charge in [0.05, 0.1) is 0 Å². The topological polar surface area (TPSA) is 42.5 Å². The molecule has 27 heavy (non-hydrogen) atoms. The molecule has 1 aromatic heterocycles. The molecule has 3 rings (SSSR count). The summed E-state index contributed by atoms with van der Waals surface area (Å²) in [5.74, 6) is 1.85. The van der Waals surface area contributed by atoms with E-state index in [1.54, 1.807) is 0 Å². The number of hydrogen-bond acceptors (Lipinski definition) is 5. The van der Waals surface area contributed by atoms with Crippen LogP contribution in [-0.4, -0.2) is 39.4 Å². The largest absolute Gasteiger partial charge is 0.492 e. The maximum atomic E-state index is 5.91. The fourth-order valence-corrected chi connectivity index (χ4v) is 4.07. The number of benzene rings is 2. The van der Waals surface area contributed by atoms with E-state index < -0.39 is 0 Å². The third-order valence-electron chi connectivity index (χ3n) is 4.36. The van der Waals surface area contributed by atoms with Crippen LogP contribution in [0.4, 0.5) is 0 Å². The molecule has 0 saturated heterocycles. The molecule has 0 spiro atoms. The number of hydrogen-bond donors (Lipinski definition) is 2. The van der Waals surface area contributed by atoms with Crippen molar-refractivity contribution in [3.05, 3.63) is 36.4 Å². The van der Waals surface area contributed by atoms with Gasteiger partial charge in [-0.05, 0) is 62.3 Å². The molecule has 0 amide bonds. The Kier molecular flexibility index (Phi) is 7.75. The van der Waals surface area contributed by atoms with Crippen molar-refractivity contribution in [1.29, 1.82) is 0 Å². The first kappa shape index (κ1) is 19.9. The zero-order valence-corrected chi connectivity index (χ0v) is 17.2. The Morgan fingerprint density at radius 3 is 1.63 bits per heavy atom. The second-order valence-corrected chi connectivity index (χ2v) is 7.70. The Balaban J connectivity index is 1.68. The molecule has 0 aliphatic carbocycles. The first-order chi connectivity index (χ1) is 13.3. The van der Waals surface area contributed by atoms with E-state index in [1.165, 1.54) is 20.2 Å². The van der Waals surface area contributed by atoms with Crippen LogP contribution in [0.1, 0.15) is 26.7 Å². The molecule has 4 nitrogen and oxygen atoms in total. The maximum absolute atomic E-state index is 5.91. The minimum absolute atomic E-state index is 0.687. The average molecular weight is 387 g/mol. The normalized spacial score (nSPS) is 11.3. The highest BCUT2D eigenvalue weighted by atomic mass is 32.1. The lowest BCUT2D eigenvalue weighted by atomic mass is 10.1. The van der Waals surface area contributed by atoms with Crippen molar-refractivity contribution in [2.24, 2.45) is 0 Å². The van der Waals surface area contributed by atoms with Crippen molar-refractivity contribution < 1.29 is 9.47 Å². The molecule has 5 heteroatoms. The molecule has 2 aromatic carbocycles. The molecule has 3 aromatic rings. The summed E-state index contributed by atoms with van der Waals surface area (Å²) >= 11 is 1.81. The van der Waals surface area contributed by atoms with Crippen molar-refractivity contribution >= 4 is 31.5 Å². The van der Waals surface area contributed by atoms with Crippen LogP contribution in [0.2, 0.25) is 0 Å². The lowest BCUT2D eigenvalue weighted by molar-refractivity contribution is 0.314. The average Bonchev–Trinajstić information content (AvgIpc) is 3.05. The highest BCUT2D eigenvalue weighted by molar-refractivity contribution is 7.25. The quantitative estimate of drug-likeness (QED) is 0.438. The van der Waals surface area contributed by atoms with E-state index in [-0.39, 0.29) is 0 Å². The van der Waals surface area contributed by atoms with Gasteiger partial charge < -0.3 is 20.1 Å². The van der Waals surface area contributed by atoms with Crippen molar-refractivity contribution in [2.75, 3.05) is 39.4 Å². The Morgan fingerprint density at radius 1 is 0.704 bits per heavy atom. The first-order valence-electron chi connectivity index (χ1n) is 9.95. The minimum Gasteiger partial charge on any atom is -0.492 e. The van der Waals surface area contributed by atoms with Crippen LogP contribution in [0.3, 0.4) is 0 Å². The van der Waals surface area contributed by atoms with Crippen LogP contribution in [0, 0.1) is 0 Å². The molecule has 0 aliphatic rings. The lowest BCUT2D eigenvalue weighted by Gasteiger charge is -2.08. The van der Waals surface area contributed by atoms with Crippen molar-refractivity contribution in [2.45, 2.75) is 26.7 Å². The molecule has 146 valence electrons. The Labute approximate surface area is 165 Å². The Morgan fingerprint density at radius 2 is 1.19 bits per heavy atom. The highest BCUT2D eigenvalue weighted by Crippen LogP contribution is 2.37. The molecule has 0 unspecified atom stereocenters. The van der Waals surface area contributed by atoms with Crippen LogP contribution < -0.4 is 20.1 Å². The third kappa shape index (κ3) is 5.58. The van der Waals surface area contributed by atoms with E-state index in [4.69, 9.17) is 9.47 Å². The van der Waals surface area contributed by atoms with E-state index in [1.807, 2.05) is 11.3 Å². The second kappa shape index (κ2) is 10.5. The summed E-state index contributed by atoms with van der Waals surface area (Å²) < 4.78 is 14.4. The molecule has 0 saturated carbocycles. The van der Waals surface area contributed by atoms with E-state index >= 15 is 0 Å². The predicted octanol–water partition coefficient (Wildman–Crippen LogP) is 4.81.